The van der Waals surface area contributed by atoms with Crippen LogP contribution in [-0.2, 0) is 11.3 Å². The molecule has 1 N–H and O–H groups in total. The molecule has 4 aromatic rings. The topological polar surface area (TPSA) is 116 Å². The van der Waals surface area contributed by atoms with Crippen molar-refractivity contribution in [2.24, 2.45) is 0 Å². The maximum Gasteiger partial charge on any atom is 0.270 e. The predicted molar refractivity (Wildman–Crippen MR) is 109 cm³/mol. The zero-order chi connectivity index (χ0) is 21.1. The van der Waals surface area contributed by atoms with Crippen molar-refractivity contribution >= 4 is 17.4 Å². The number of nitrogens with one attached hydrogen (secondary N) is 1. The van der Waals surface area contributed by atoms with Gasteiger partial charge < -0.3 is 10.1 Å². The lowest BCUT2D eigenvalue weighted by Crippen LogP contribution is -2.30. The van der Waals surface area contributed by atoms with Gasteiger partial charge in [-0.15, -0.1) is 15.3 Å². The fourth-order valence-electron chi connectivity index (χ4n) is 2.81. The van der Waals surface area contributed by atoms with Crippen molar-refractivity contribution in [2.75, 3.05) is 5.32 Å². The van der Waals surface area contributed by atoms with Gasteiger partial charge in [0.2, 0.25) is 5.91 Å². The number of nitrogens with zero attached hydrogens (tertiary/aromatic N) is 6. The molecule has 152 valence electrons. The summed E-state index contributed by atoms with van der Waals surface area (Å²) in [4.78, 5) is 25.0. The first-order valence-electron chi connectivity index (χ1n) is 9.31. The van der Waals surface area contributed by atoms with Crippen LogP contribution in [-0.4, -0.2) is 35.5 Å². The third-order valence-electron chi connectivity index (χ3n) is 4.23. The van der Waals surface area contributed by atoms with Crippen LogP contribution in [0.25, 0.3) is 5.65 Å². The van der Waals surface area contributed by atoms with Crippen molar-refractivity contribution in [3.8, 4) is 11.5 Å². The Labute approximate surface area is 171 Å². The number of ether oxygens (including phenoxy) is 1. The maximum atomic E-state index is 12.5. The molecule has 0 unspecified atom stereocenters. The fraction of sp³-hybridized carbons (Fsp3) is 0.200. The van der Waals surface area contributed by atoms with E-state index >= 15 is 0 Å². The average Bonchev–Trinajstić information content (AvgIpc) is 3.18. The molecule has 1 amide bonds. The Balaban J connectivity index is 1.55. The van der Waals surface area contributed by atoms with Crippen LogP contribution in [0.15, 0.2) is 59.7 Å². The Hall–Kier alpha value is -4.08. The van der Waals surface area contributed by atoms with E-state index in [1.807, 2.05) is 32.0 Å². The zero-order valence-electron chi connectivity index (χ0n) is 16.4. The number of aromatic nitrogens is 6. The van der Waals surface area contributed by atoms with Gasteiger partial charge in [-0.1, -0.05) is 32.0 Å². The smallest absolute Gasteiger partial charge is 0.270 e. The molecule has 0 aliphatic rings. The first-order chi connectivity index (χ1) is 14.5. The standard InChI is InChI=1S/C20H19N7O3/c1-13(2)20-15(30-14-6-4-3-5-7-14)10-19(29)26(25-20)11-18(28)22-16-8-9-17-23-21-12-27(17)24-16/h3-10,12-13H,11H2,1-2H3,(H,22,24,28). The number of anilines is 1. The highest BCUT2D eigenvalue weighted by atomic mass is 16.5. The van der Waals surface area contributed by atoms with Gasteiger partial charge in [-0.2, -0.15) is 9.61 Å². The van der Waals surface area contributed by atoms with E-state index in [1.54, 1.807) is 24.3 Å². The molecule has 30 heavy (non-hydrogen) atoms. The summed E-state index contributed by atoms with van der Waals surface area (Å²) in [5.74, 6) is 0.838. The van der Waals surface area contributed by atoms with E-state index in [0.29, 0.717) is 28.7 Å². The maximum absolute atomic E-state index is 12.5. The normalized spacial score (nSPS) is 11.0. The number of amides is 1. The molecule has 0 saturated heterocycles. The monoisotopic (exact) mass is 405 g/mol. The molecule has 0 bridgehead atoms. The van der Waals surface area contributed by atoms with Crippen LogP contribution in [0.4, 0.5) is 5.82 Å². The lowest BCUT2D eigenvalue weighted by atomic mass is 10.1. The van der Waals surface area contributed by atoms with Gasteiger partial charge in [0.05, 0.1) is 0 Å². The van der Waals surface area contributed by atoms with Gasteiger partial charge in [-0.25, -0.2) is 4.68 Å². The second kappa shape index (κ2) is 8.11. The highest BCUT2D eigenvalue weighted by Crippen LogP contribution is 2.27. The van der Waals surface area contributed by atoms with E-state index in [2.05, 4.69) is 25.7 Å². The van der Waals surface area contributed by atoms with Gasteiger partial charge in [0, 0.05) is 12.0 Å². The minimum Gasteiger partial charge on any atom is -0.455 e. The highest BCUT2D eigenvalue weighted by molar-refractivity contribution is 5.89. The first kappa shape index (κ1) is 19.2. The van der Waals surface area contributed by atoms with E-state index in [0.717, 1.165) is 4.68 Å². The Morgan fingerprint density at radius 2 is 1.93 bits per heavy atom. The zero-order valence-corrected chi connectivity index (χ0v) is 16.4. The summed E-state index contributed by atoms with van der Waals surface area (Å²) >= 11 is 0. The van der Waals surface area contributed by atoms with Gasteiger partial charge >= 0.3 is 0 Å². The number of carbonyl (C=O) groups is 1. The van der Waals surface area contributed by atoms with Gasteiger partial charge in [-0.05, 0) is 24.3 Å². The summed E-state index contributed by atoms with van der Waals surface area (Å²) in [5.41, 5.74) is 0.694. The van der Waals surface area contributed by atoms with Gasteiger partial charge in [-0.3, -0.25) is 9.59 Å². The molecule has 0 radical (unpaired) electrons. The second-order valence-corrected chi connectivity index (χ2v) is 6.86. The molecule has 0 saturated carbocycles. The number of hydrogen-bond acceptors (Lipinski definition) is 7. The van der Waals surface area contributed by atoms with Gasteiger partial charge in [0.1, 0.15) is 24.3 Å². The van der Waals surface area contributed by atoms with Crippen molar-refractivity contribution in [1.82, 2.24) is 29.6 Å². The molecule has 0 aliphatic carbocycles. The number of benzene rings is 1. The van der Waals surface area contributed by atoms with E-state index in [4.69, 9.17) is 4.74 Å². The largest absolute Gasteiger partial charge is 0.455 e. The third-order valence-corrected chi connectivity index (χ3v) is 4.23. The molecule has 1 aromatic carbocycles. The van der Waals surface area contributed by atoms with Crippen LogP contribution in [0.1, 0.15) is 25.5 Å². The number of fused-ring (bicyclic) bond motifs is 1. The van der Waals surface area contributed by atoms with Gasteiger partial charge in [0.25, 0.3) is 5.56 Å². The Kier molecular flexibility index (Phi) is 5.21. The number of carbonyl (C=O) groups excluding carboxylic acids is 1. The van der Waals surface area contributed by atoms with Crippen LogP contribution < -0.4 is 15.6 Å². The Morgan fingerprint density at radius 3 is 2.70 bits per heavy atom. The van der Waals surface area contributed by atoms with Crippen LogP contribution >= 0.6 is 0 Å². The SMILES string of the molecule is CC(C)c1nn(CC(=O)Nc2ccc3nncn3n2)c(=O)cc1Oc1ccccc1. The molecule has 0 fully saturated rings. The summed E-state index contributed by atoms with van der Waals surface area (Å²) in [6.45, 7) is 3.62. The molecule has 10 nitrogen and oxygen atoms in total. The predicted octanol–water partition coefficient (Wildman–Crippen LogP) is 2.24. The van der Waals surface area contributed by atoms with E-state index in [-0.39, 0.29) is 12.5 Å². The minimum atomic E-state index is -0.442. The van der Waals surface area contributed by atoms with E-state index in [1.165, 1.54) is 16.9 Å². The highest BCUT2D eigenvalue weighted by Gasteiger charge is 2.16. The van der Waals surface area contributed by atoms with Crippen molar-refractivity contribution in [3.63, 3.8) is 0 Å². The quantitative estimate of drug-likeness (QED) is 0.523. The van der Waals surface area contributed by atoms with E-state index < -0.39 is 11.5 Å². The fourth-order valence-corrected chi connectivity index (χ4v) is 2.81. The molecule has 3 heterocycles. The van der Waals surface area contributed by atoms with Crippen LogP contribution in [0.3, 0.4) is 0 Å². The second-order valence-electron chi connectivity index (χ2n) is 6.86. The van der Waals surface area contributed by atoms with Crippen molar-refractivity contribution in [2.45, 2.75) is 26.3 Å². The molecule has 0 atom stereocenters. The summed E-state index contributed by atoms with van der Waals surface area (Å²) in [6.07, 6.45) is 1.43. The molecule has 10 heteroatoms. The van der Waals surface area contributed by atoms with Crippen LogP contribution in [0.2, 0.25) is 0 Å². The summed E-state index contributed by atoms with van der Waals surface area (Å²) in [5, 5.41) is 18.8. The molecule has 4 rings (SSSR count). The van der Waals surface area contributed by atoms with Crippen molar-refractivity contribution in [1.29, 1.82) is 0 Å². The number of rotatable bonds is 6. The van der Waals surface area contributed by atoms with Crippen LogP contribution in [0.5, 0.6) is 11.5 Å². The molecule has 0 aliphatic heterocycles. The number of para-hydroxylation sites is 1. The van der Waals surface area contributed by atoms with E-state index in [9.17, 15) is 9.59 Å². The molecule has 0 spiro atoms. The summed E-state index contributed by atoms with van der Waals surface area (Å²) in [6, 6.07) is 13.8. The van der Waals surface area contributed by atoms with Crippen LogP contribution in [0, 0.1) is 0 Å². The lowest BCUT2D eigenvalue weighted by molar-refractivity contribution is -0.117. The van der Waals surface area contributed by atoms with Crippen molar-refractivity contribution in [3.05, 3.63) is 70.9 Å². The number of hydrogen-bond donors (Lipinski definition) is 1. The molecular formula is C20H19N7O3. The first-order valence-corrected chi connectivity index (χ1v) is 9.31. The summed E-state index contributed by atoms with van der Waals surface area (Å²) < 4.78 is 8.39. The third kappa shape index (κ3) is 4.17. The molecular weight excluding hydrogens is 386 g/mol. The lowest BCUT2D eigenvalue weighted by Gasteiger charge is -2.15. The average molecular weight is 405 g/mol. The molecule has 3 aromatic heterocycles. The Bertz CT molecular complexity index is 1250. The van der Waals surface area contributed by atoms with Crippen molar-refractivity contribution < 1.29 is 9.53 Å². The van der Waals surface area contributed by atoms with Gasteiger partial charge in [0.15, 0.2) is 17.2 Å². The Morgan fingerprint density at radius 1 is 1.13 bits per heavy atom. The minimum absolute atomic E-state index is 0.0172. The summed E-state index contributed by atoms with van der Waals surface area (Å²) in [7, 11) is 0.